The minimum Gasteiger partial charge on any atom is -0.508 e. The van der Waals surface area contributed by atoms with Crippen molar-refractivity contribution in [1.29, 1.82) is 0 Å². The van der Waals surface area contributed by atoms with Crippen LogP contribution in [0, 0.1) is 6.92 Å². The first-order chi connectivity index (χ1) is 9.08. The highest BCUT2D eigenvalue weighted by Crippen LogP contribution is 2.27. The maximum Gasteiger partial charge on any atom is 0.120 e. The number of aromatic hydroxyl groups is 1. The molecule has 2 atom stereocenters. The molecular formula is C16H20N2O. The number of nitrogens with zero attached hydrogens (tertiary/aromatic N) is 1. The van der Waals surface area contributed by atoms with Crippen molar-refractivity contribution < 1.29 is 5.11 Å². The molecule has 3 heteroatoms. The Bertz CT molecular complexity index is 540. The highest BCUT2D eigenvalue weighted by Gasteiger charge is 2.13. The Hall–Kier alpha value is -1.87. The molecular weight excluding hydrogens is 236 g/mol. The molecule has 0 aliphatic carbocycles. The fourth-order valence-electron chi connectivity index (χ4n) is 2.23. The molecule has 2 rings (SSSR count). The molecule has 1 aromatic heterocycles. The van der Waals surface area contributed by atoms with E-state index in [-0.39, 0.29) is 12.1 Å². The van der Waals surface area contributed by atoms with Gasteiger partial charge in [0.1, 0.15) is 5.75 Å². The molecule has 1 aromatic carbocycles. The lowest BCUT2D eigenvalue weighted by atomic mass is 10.0. The number of hydrogen-bond acceptors (Lipinski definition) is 3. The lowest BCUT2D eigenvalue weighted by molar-refractivity contribution is 0.438. The number of phenols is 1. The fraction of sp³-hybridized carbons (Fsp3) is 0.312. The summed E-state index contributed by atoms with van der Waals surface area (Å²) in [4.78, 5) is 4.02. The number of hydrogen-bond donors (Lipinski definition) is 2. The van der Waals surface area contributed by atoms with E-state index < -0.39 is 0 Å². The Morgan fingerprint density at radius 2 is 1.74 bits per heavy atom. The summed E-state index contributed by atoms with van der Waals surface area (Å²) in [5.74, 6) is 0.349. The zero-order valence-corrected chi connectivity index (χ0v) is 11.6. The number of benzene rings is 1. The lowest BCUT2D eigenvalue weighted by Crippen LogP contribution is -2.22. The van der Waals surface area contributed by atoms with Gasteiger partial charge in [0.15, 0.2) is 0 Å². The van der Waals surface area contributed by atoms with Gasteiger partial charge in [-0.2, -0.15) is 0 Å². The molecule has 1 heterocycles. The summed E-state index contributed by atoms with van der Waals surface area (Å²) in [5, 5.41) is 13.5. The summed E-state index contributed by atoms with van der Waals surface area (Å²) in [6.45, 7) is 6.14. The van der Waals surface area contributed by atoms with Crippen LogP contribution in [0.25, 0.3) is 0 Å². The first kappa shape index (κ1) is 13.6. The van der Waals surface area contributed by atoms with E-state index in [0.29, 0.717) is 5.75 Å². The van der Waals surface area contributed by atoms with Crippen LogP contribution in [0.4, 0.5) is 0 Å². The highest BCUT2D eigenvalue weighted by molar-refractivity contribution is 5.38. The largest absolute Gasteiger partial charge is 0.508 e. The molecule has 0 saturated heterocycles. The standard InChI is InChI=1S/C16H20N2O/c1-11-4-5-15(16(19)10-11)13(3)18-12(2)14-6-8-17-9-7-14/h4-10,12-13,18-19H,1-3H3/t12-,13?/m0/s1. The minimum atomic E-state index is 0.0868. The average molecular weight is 256 g/mol. The molecule has 2 aromatic rings. The molecule has 2 N–H and O–H groups in total. The summed E-state index contributed by atoms with van der Waals surface area (Å²) >= 11 is 0. The molecule has 0 bridgehead atoms. The van der Waals surface area contributed by atoms with Crippen LogP contribution in [0.5, 0.6) is 5.75 Å². The van der Waals surface area contributed by atoms with Crippen molar-refractivity contribution in [2.75, 3.05) is 0 Å². The molecule has 0 amide bonds. The van der Waals surface area contributed by atoms with Crippen molar-refractivity contribution in [3.8, 4) is 5.75 Å². The van der Waals surface area contributed by atoms with Crippen molar-refractivity contribution in [3.63, 3.8) is 0 Å². The van der Waals surface area contributed by atoms with E-state index in [1.807, 2.05) is 31.2 Å². The van der Waals surface area contributed by atoms with Crippen LogP contribution >= 0.6 is 0 Å². The van der Waals surface area contributed by atoms with Crippen LogP contribution in [-0.4, -0.2) is 10.1 Å². The SMILES string of the molecule is Cc1ccc(C(C)N[C@@H](C)c2ccncc2)c(O)c1. The molecule has 0 spiro atoms. The number of aromatic nitrogens is 1. The summed E-state index contributed by atoms with van der Waals surface area (Å²) in [6, 6.07) is 10.1. The van der Waals surface area contributed by atoms with Gasteiger partial charge in [0.05, 0.1) is 0 Å². The Kier molecular flexibility index (Phi) is 4.17. The second-order valence-corrected chi connectivity index (χ2v) is 4.95. The topological polar surface area (TPSA) is 45.2 Å². The number of rotatable bonds is 4. The van der Waals surface area contributed by atoms with Gasteiger partial charge in [-0.25, -0.2) is 0 Å². The monoisotopic (exact) mass is 256 g/mol. The summed E-state index contributed by atoms with van der Waals surface area (Å²) in [5.41, 5.74) is 3.18. The van der Waals surface area contributed by atoms with Gasteiger partial charge in [-0.3, -0.25) is 4.98 Å². The van der Waals surface area contributed by atoms with E-state index in [0.717, 1.165) is 11.1 Å². The lowest BCUT2D eigenvalue weighted by Gasteiger charge is -2.21. The molecule has 0 fully saturated rings. The molecule has 100 valence electrons. The predicted molar refractivity (Wildman–Crippen MR) is 77.0 cm³/mol. The van der Waals surface area contributed by atoms with Gasteiger partial charge in [0.2, 0.25) is 0 Å². The van der Waals surface area contributed by atoms with Crippen molar-refractivity contribution in [3.05, 3.63) is 59.4 Å². The smallest absolute Gasteiger partial charge is 0.120 e. The predicted octanol–water partition coefficient (Wildman–Crippen LogP) is 3.51. The van der Waals surface area contributed by atoms with E-state index in [2.05, 4.69) is 24.1 Å². The van der Waals surface area contributed by atoms with Gasteiger partial charge in [-0.1, -0.05) is 12.1 Å². The first-order valence-electron chi connectivity index (χ1n) is 6.53. The van der Waals surface area contributed by atoms with Gasteiger partial charge < -0.3 is 10.4 Å². The first-order valence-corrected chi connectivity index (χ1v) is 6.53. The van der Waals surface area contributed by atoms with Crippen LogP contribution < -0.4 is 5.32 Å². The highest BCUT2D eigenvalue weighted by atomic mass is 16.3. The zero-order valence-electron chi connectivity index (χ0n) is 11.6. The fourth-order valence-corrected chi connectivity index (χ4v) is 2.23. The van der Waals surface area contributed by atoms with Crippen molar-refractivity contribution in [1.82, 2.24) is 10.3 Å². The molecule has 0 radical (unpaired) electrons. The third kappa shape index (κ3) is 3.32. The van der Waals surface area contributed by atoms with E-state index >= 15 is 0 Å². The summed E-state index contributed by atoms with van der Waals surface area (Å²) in [7, 11) is 0. The molecule has 1 unspecified atom stereocenters. The van der Waals surface area contributed by atoms with Gasteiger partial charge in [0, 0.05) is 30.0 Å². The van der Waals surface area contributed by atoms with E-state index in [4.69, 9.17) is 0 Å². The molecule has 0 saturated carbocycles. The molecule has 0 aliphatic rings. The third-order valence-electron chi connectivity index (χ3n) is 3.36. The van der Waals surface area contributed by atoms with Gasteiger partial charge in [0.25, 0.3) is 0 Å². The second-order valence-electron chi connectivity index (χ2n) is 4.95. The Morgan fingerprint density at radius 1 is 1.05 bits per heavy atom. The maximum atomic E-state index is 10.00. The third-order valence-corrected chi connectivity index (χ3v) is 3.36. The summed E-state index contributed by atoms with van der Waals surface area (Å²) in [6.07, 6.45) is 3.59. The van der Waals surface area contributed by atoms with Crippen LogP contribution in [0.15, 0.2) is 42.7 Å². The Morgan fingerprint density at radius 3 is 2.37 bits per heavy atom. The molecule has 3 nitrogen and oxygen atoms in total. The van der Waals surface area contributed by atoms with Crippen LogP contribution in [0.1, 0.15) is 42.6 Å². The average Bonchev–Trinajstić information content (AvgIpc) is 2.39. The van der Waals surface area contributed by atoms with Crippen LogP contribution in [0.3, 0.4) is 0 Å². The Balaban J connectivity index is 2.10. The van der Waals surface area contributed by atoms with E-state index in [1.165, 1.54) is 5.56 Å². The van der Waals surface area contributed by atoms with Gasteiger partial charge >= 0.3 is 0 Å². The molecule has 0 aliphatic heterocycles. The number of pyridine rings is 1. The minimum absolute atomic E-state index is 0.0868. The van der Waals surface area contributed by atoms with Gasteiger partial charge in [-0.05, 0) is 50.1 Å². The van der Waals surface area contributed by atoms with Crippen molar-refractivity contribution >= 4 is 0 Å². The number of aryl methyl sites for hydroxylation is 1. The van der Waals surface area contributed by atoms with Crippen molar-refractivity contribution in [2.45, 2.75) is 32.9 Å². The zero-order chi connectivity index (χ0) is 13.8. The number of nitrogens with one attached hydrogen (secondary N) is 1. The normalized spacial score (nSPS) is 14.1. The maximum absolute atomic E-state index is 10.00. The van der Waals surface area contributed by atoms with E-state index in [9.17, 15) is 5.11 Å². The van der Waals surface area contributed by atoms with Crippen molar-refractivity contribution in [2.24, 2.45) is 0 Å². The molecule has 19 heavy (non-hydrogen) atoms. The number of phenolic OH excluding ortho intramolecular Hbond substituents is 1. The van der Waals surface area contributed by atoms with E-state index in [1.54, 1.807) is 18.5 Å². The van der Waals surface area contributed by atoms with Crippen LogP contribution in [-0.2, 0) is 0 Å². The quantitative estimate of drug-likeness (QED) is 0.880. The second kappa shape index (κ2) is 5.85. The van der Waals surface area contributed by atoms with Crippen LogP contribution in [0.2, 0.25) is 0 Å². The Labute approximate surface area is 114 Å². The van der Waals surface area contributed by atoms with Gasteiger partial charge in [-0.15, -0.1) is 0 Å². The summed E-state index contributed by atoms with van der Waals surface area (Å²) < 4.78 is 0.